The van der Waals surface area contributed by atoms with E-state index in [1.165, 1.54) is 18.2 Å². The van der Waals surface area contributed by atoms with Crippen LogP contribution in [0.15, 0.2) is 18.2 Å². The predicted molar refractivity (Wildman–Crippen MR) is 72.0 cm³/mol. The fourth-order valence-electron chi connectivity index (χ4n) is 2.48. The van der Waals surface area contributed by atoms with Crippen molar-refractivity contribution in [2.24, 2.45) is 5.92 Å². The summed E-state index contributed by atoms with van der Waals surface area (Å²) >= 11 is 5.86. The number of hydrogen-bond donors (Lipinski definition) is 2. The van der Waals surface area contributed by atoms with Gasteiger partial charge in [0, 0.05) is 16.6 Å². The zero-order chi connectivity index (χ0) is 14.7. The molecule has 0 bridgehead atoms. The number of nitrogens with one attached hydrogen (secondary N) is 1. The van der Waals surface area contributed by atoms with E-state index in [2.05, 4.69) is 5.32 Å². The highest BCUT2D eigenvalue weighted by Gasteiger charge is 2.30. The average molecular weight is 300 g/mol. The molecule has 1 aromatic carbocycles. The minimum Gasteiger partial charge on any atom is -0.481 e. The molecular weight excluding hydrogens is 285 g/mol. The average Bonchev–Trinajstić information content (AvgIpc) is 2.82. The van der Waals surface area contributed by atoms with Crippen molar-refractivity contribution in [2.75, 3.05) is 0 Å². The highest BCUT2D eigenvalue weighted by molar-refractivity contribution is 6.31. The maximum absolute atomic E-state index is 13.6. The molecule has 1 fully saturated rings. The van der Waals surface area contributed by atoms with Gasteiger partial charge in [0.15, 0.2) is 0 Å². The lowest BCUT2D eigenvalue weighted by Gasteiger charge is -2.13. The first-order valence-electron chi connectivity index (χ1n) is 6.42. The predicted octanol–water partition coefficient (Wildman–Crippen LogP) is 2.39. The van der Waals surface area contributed by atoms with Crippen LogP contribution in [0.5, 0.6) is 0 Å². The summed E-state index contributed by atoms with van der Waals surface area (Å²) in [6, 6.07) is 4.11. The fourth-order valence-corrected chi connectivity index (χ4v) is 2.71. The third-order valence-corrected chi connectivity index (χ3v) is 3.90. The Morgan fingerprint density at radius 1 is 1.40 bits per heavy atom. The second kappa shape index (κ2) is 6.22. The van der Waals surface area contributed by atoms with Crippen LogP contribution in [0.4, 0.5) is 4.39 Å². The van der Waals surface area contributed by atoms with Gasteiger partial charge in [-0.25, -0.2) is 4.39 Å². The molecular formula is C14H15ClFNO3. The Labute approximate surface area is 120 Å². The first-order valence-corrected chi connectivity index (χ1v) is 6.80. The normalized spacial score (nSPS) is 21.7. The molecule has 1 aliphatic rings. The maximum atomic E-state index is 13.6. The minimum absolute atomic E-state index is 0.139. The lowest BCUT2D eigenvalue weighted by Crippen LogP contribution is -2.34. The van der Waals surface area contributed by atoms with E-state index in [9.17, 15) is 14.0 Å². The SMILES string of the molecule is O=C(Cc1c(F)cccc1Cl)NC1CCC(C(=O)O)C1. The molecule has 0 heterocycles. The summed E-state index contributed by atoms with van der Waals surface area (Å²) in [7, 11) is 0. The number of benzene rings is 1. The number of carboxylic acid groups (broad SMARTS) is 1. The van der Waals surface area contributed by atoms with Crippen LogP contribution in [0, 0.1) is 11.7 Å². The summed E-state index contributed by atoms with van der Waals surface area (Å²) < 4.78 is 13.6. The van der Waals surface area contributed by atoms with E-state index >= 15 is 0 Å². The van der Waals surface area contributed by atoms with Crippen molar-refractivity contribution in [3.05, 3.63) is 34.6 Å². The summed E-state index contributed by atoms with van der Waals surface area (Å²) in [4.78, 5) is 22.7. The maximum Gasteiger partial charge on any atom is 0.306 e. The Balaban J connectivity index is 1.92. The van der Waals surface area contributed by atoms with E-state index in [4.69, 9.17) is 16.7 Å². The molecule has 6 heteroatoms. The van der Waals surface area contributed by atoms with E-state index in [-0.39, 0.29) is 29.0 Å². The summed E-state index contributed by atoms with van der Waals surface area (Å²) in [5.74, 6) is -2.09. The largest absolute Gasteiger partial charge is 0.481 e. The van der Waals surface area contributed by atoms with Gasteiger partial charge in [0.1, 0.15) is 5.82 Å². The molecule has 2 unspecified atom stereocenters. The van der Waals surface area contributed by atoms with Gasteiger partial charge in [0.25, 0.3) is 0 Å². The van der Waals surface area contributed by atoms with Crippen molar-refractivity contribution >= 4 is 23.5 Å². The molecule has 0 spiro atoms. The van der Waals surface area contributed by atoms with E-state index in [1.54, 1.807) is 0 Å². The zero-order valence-corrected chi connectivity index (χ0v) is 11.5. The van der Waals surface area contributed by atoms with Crippen LogP contribution in [-0.4, -0.2) is 23.0 Å². The van der Waals surface area contributed by atoms with Crippen LogP contribution in [-0.2, 0) is 16.0 Å². The minimum atomic E-state index is -0.834. The molecule has 0 aromatic heterocycles. The molecule has 1 aromatic rings. The second-order valence-electron chi connectivity index (χ2n) is 4.99. The quantitative estimate of drug-likeness (QED) is 0.897. The number of carbonyl (C=O) groups is 2. The summed E-state index contributed by atoms with van der Waals surface area (Å²) in [6.45, 7) is 0. The van der Waals surface area contributed by atoms with Gasteiger partial charge in [-0.3, -0.25) is 9.59 Å². The Kier molecular flexibility index (Phi) is 4.60. The first-order chi connectivity index (χ1) is 9.47. The lowest BCUT2D eigenvalue weighted by molar-refractivity contribution is -0.141. The second-order valence-corrected chi connectivity index (χ2v) is 5.40. The molecule has 0 aliphatic heterocycles. The molecule has 1 amide bonds. The summed E-state index contributed by atoms with van der Waals surface area (Å²) in [5.41, 5.74) is 0.166. The van der Waals surface area contributed by atoms with Crippen LogP contribution in [0.3, 0.4) is 0 Å². The van der Waals surface area contributed by atoms with Crippen molar-refractivity contribution < 1.29 is 19.1 Å². The number of amides is 1. The smallest absolute Gasteiger partial charge is 0.306 e. The fraction of sp³-hybridized carbons (Fsp3) is 0.429. The van der Waals surface area contributed by atoms with Crippen molar-refractivity contribution in [1.82, 2.24) is 5.32 Å². The van der Waals surface area contributed by atoms with E-state index in [0.29, 0.717) is 19.3 Å². The van der Waals surface area contributed by atoms with E-state index in [0.717, 1.165) is 0 Å². The number of hydrogen-bond acceptors (Lipinski definition) is 2. The Morgan fingerprint density at radius 2 is 2.15 bits per heavy atom. The molecule has 20 heavy (non-hydrogen) atoms. The van der Waals surface area contributed by atoms with Crippen molar-refractivity contribution in [1.29, 1.82) is 0 Å². The van der Waals surface area contributed by atoms with Gasteiger partial charge in [0.05, 0.1) is 12.3 Å². The standard InChI is InChI=1S/C14H15ClFNO3/c15-11-2-1-3-12(16)10(11)7-13(18)17-9-5-4-8(6-9)14(19)20/h1-3,8-9H,4-7H2,(H,17,18)(H,19,20). The van der Waals surface area contributed by atoms with Gasteiger partial charge in [-0.2, -0.15) is 0 Å². The van der Waals surface area contributed by atoms with E-state index in [1.807, 2.05) is 0 Å². The molecule has 2 N–H and O–H groups in total. The van der Waals surface area contributed by atoms with Gasteiger partial charge in [-0.15, -0.1) is 0 Å². The van der Waals surface area contributed by atoms with Crippen LogP contribution in [0.2, 0.25) is 5.02 Å². The summed E-state index contributed by atoms with van der Waals surface area (Å²) in [6.07, 6.45) is 1.47. The molecule has 0 radical (unpaired) electrons. The molecule has 0 saturated heterocycles. The Morgan fingerprint density at radius 3 is 2.75 bits per heavy atom. The van der Waals surface area contributed by atoms with Gasteiger partial charge >= 0.3 is 5.97 Å². The third kappa shape index (κ3) is 3.48. The summed E-state index contributed by atoms with van der Waals surface area (Å²) in [5, 5.41) is 11.9. The van der Waals surface area contributed by atoms with Crippen LogP contribution in [0.1, 0.15) is 24.8 Å². The zero-order valence-electron chi connectivity index (χ0n) is 10.7. The number of carboxylic acids is 1. The topological polar surface area (TPSA) is 66.4 Å². The van der Waals surface area contributed by atoms with Crippen molar-refractivity contribution in [2.45, 2.75) is 31.7 Å². The highest BCUT2D eigenvalue weighted by atomic mass is 35.5. The molecule has 1 saturated carbocycles. The van der Waals surface area contributed by atoms with Crippen molar-refractivity contribution in [3.63, 3.8) is 0 Å². The van der Waals surface area contributed by atoms with E-state index < -0.39 is 17.7 Å². The monoisotopic (exact) mass is 299 g/mol. The molecule has 108 valence electrons. The third-order valence-electron chi connectivity index (χ3n) is 3.55. The van der Waals surface area contributed by atoms with Gasteiger partial charge < -0.3 is 10.4 Å². The number of carbonyl (C=O) groups excluding carboxylic acids is 1. The van der Waals surface area contributed by atoms with Crippen LogP contribution < -0.4 is 5.32 Å². The number of aliphatic carboxylic acids is 1. The number of rotatable bonds is 4. The van der Waals surface area contributed by atoms with Gasteiger partial charge in [-0.05, 0) is 31.4 Å². The number of halogens is 2. The Bertz CT molecular complexity index is 515. The first kappa shape index (κ1) is 14.8. The molecule has 4 nitrogen and oxygen atoms in total. The molecule has 2 rings (SSSR count). The van der Waals surface area contributed by atoms with Crippen LogP contribution >= 0.6 is 11.6 Å². The van der Waals surface area contributed by atoms with Gasteiger partial charge in [-0.1, -0.05) is 17.7 Å². The van der Waals surface area contributed by atoms with Crippen LogP contribution in [0.25, 0.3) is 0 Å². The Hall–Kier alpha value is -1.62. The van der Waals surface area contributed by atoms with Gasteiger partial charge in [0.2, 0.25) is 5.91 Å². The van der Waals surface area contributed by atoms with Crippen molar-refractivity contribution in [3.8, 4) is 0 Å². The lowest BCUT2D eigenvalue weighted by atomic mass is 10.1. The highest BCUT2D eigenvalue weighted by Crippen LogP contribution is 2.26. The molecule has 1 aliphatic carbocycles. The molecule has 2 atom stereocenters.